The number of halogens is 4. The summed E-state index contributed by atoms with van der Waals surface area (Å²) in [4.78, 5) is 41.4. The molecule has 0 aliphatic heterocycles. The molecule has 0 fully saturated rings. The van der Waals surface area contributed by atoms with Gasteiger partial charge in [-0.25, -0.2) is 13.8 Å². The Morgan fingerprint density at radius 2 is 1.54 bits per heavy atom. The van der Waals surface area contributed by atoms with Gasteiger partial charge in [0.05, 0.1) is 23.1 Å². The van der Waals surface area contributed by atoms with Crippen LogP contribution in [0, 0.1) is 17.6 Å². The van der Waals surface area contributed by atoms with E-state index in [2.05, 4.69) is 4.98 Å². The maximum Gasteiger partial charge on any atom is 0.309 e. The van der Waals surface area contributed by atoms with Gasteiger partial charge in [-0.2, -0.15) is 0 Å². The number of carbonyl (C=O) groups excluding carboxylic acids is 3. The standard InChI is InChI=1S/C29H27Cl2F2NO7/c1-15(11-24(36)27-28(40-14-39-17(3)35)25(38-4)9-10-34-27)29(37)41-16(2)26(18-5-7-20(30)22(32)12-18)19-6-8-21(31)23(33)13-19/h5-10,12-13,15-16,26H,11,14H2,1-4H3/t15-,16+/m1/s1. The molecule has 0 amide bonds. The van der Waals surface area contributed by atoms with Gasteiger partial charge in [0.15, 0.2) is 23.0 Å². The van der Waals surface area contributed by atoms with Crippen LogP contribution >= 0.6 is 23.2 Å². The van der Waals surface area contributed by atoms with Crippen LogP contribution in [0.5, 0.6) is 11.5 Å². The molecule has 8 nitrogen and oxygen atoms in total. The lowest BCUT2D eigenvalue weighted by Crippen LogP contribution is -2.28. The summed E-state index contributed by atoms with van der Waals surface area (Å²) in [5.74, 6) is -4.88. The monoisotopic (exact) mass is 609 g/mol. The van der Waals surface area contributed by atoms with Gasteiger partial charge < -0.3 is 18.9 Å². The Labute approximate surface area is 245 Å². The van der Waals surface area contributed by atoms with E-state index in [9.17, 15) is 23.2 Å². The van der Waals surface area contributed by atoms with Crippen LogP contribution in [-0.4, -0.2) is 42.7 Å². The molecular formula is C29H27Cl2F2NO7. The first kappa shape index (κ1) is 31.8. The van der Waals surface area contributed by atoms with Crippen molar-refractivity contribution in [2.45, 2.75) is 39.2 Å². The number of pyridine rings is 1. The number of benzene rings is 2. The molecule has 0 spiro atoms. The Hall–Kier alpha value is -3.76. The molecule has 3 aromatic rings. The molecule has 2 aromatic carbocycles. The van der Waals surface area contributed by atoms with Crippen molar-refractivity contribution in [3.05, 3.63) is 87.2 Å². The summed E-state index contributed by atoms with van der Waals surface area (Å²) in [7, 11) is 1.36. The second kappa shape index (κ2) is 14.2. The Bertz CT molecular complexity index is 1380. The van der Waals surface area contributed by atoms with Crippen molar-refractivity contribution in [3.8, 4) is 11.5 Å². The van der Waals surface area contributed by atoms with Gasteiger partial charge in [0, 0.05) is 31.5 Å². The highest BCUT2D eigenvalue weighted by atomic mass is 35.5. The SMILES string of the molecule is COc1ccnc(C(=O)C[C@@H](C)C(=O)O[C@@H](C)C(c2ccc(Cl)c(F)c2)c2ccc(Cl)c(F)c2)c1OCOC(C)=O. The van der Waals surface area contributed by atoms with E-state index in [0.717, 1.165) is 0 Å². The Morgan fingerprint density at radius 3 is 2.05 bits per heavy atom. The van der Waals surface area contributed by atoms with Gasteiger partial charge in [0.1, 0.15) is 17.7 Å². The van der Waals surface area contributed by atoms with Crippen LogP contribution < -0.4 is 9.47 Å². The molecule has 41 heavy (non-hydrogen) atoms. The van der Waals surface area contributed by atoms with Gasteiger partial charge >= 0.3 is 11.9 Å². The molecule has 12 heteroatoms. The predicted octanol–water partition coefficient (Wildman–Crippen LogP) is 6.55. The van der Waals surface area contributed by atoms with Gasteiger partial charge in [-0.3, -0.25) is 14.4 Å². The van der Waals surface area contributed by atoms with Crippen molar-refractivity contribution < 1.29 is 42.1 Å². The number of aromatic nitrogens is 1. The van der Waals surface area contributed by atoms with Gasteiger partial charge in [-0.05, 0) is 42.3 Å². The third kappa shape index (κ3) is 8.14. The number of methoxy groups -OCH3 is 1. The summed E-state index contributed by atoms with van der Waals surface area (Å²) in [6, 6.07) is 9.62. The quantitative estimate of drug-likeness (QED) is 0.129. The first-order valence-corrected chi connectivity index (χ1v) is 13.1. The van der Waals surface area contributed by atoms with Gasteiger partial charge in [0.25, 0.3) is 0 Å². The lowest BCUT2D eigenvalue weighted by molar-refractivity contribution is -0.153. The van der Waals surface area contributed by atoms with Crippen molar-refractivity contribution in [2.24, 2.45) is 5.92 Å². The van der Waals surface area contributed by atoms with Crippen molar-refractivity contribution in [3.63, 3.8) is 0 Å². The van der Waals surface area contributed by atoms with E-state index in [4.69, 9.17) is 42.1 Å². The summed E-state index contributed by atoms with van der Waals surface area (Å²) in [5.41, 5.74) is 0.635. The van der Waals surface area contributed by atoms with Gasteiger partial charge in [0.2, 0.25) is 6.79 Å². The number of hydrogen-bond acceptors (Lipinski definition) is 8. The van der Waals surface area contributed by atoms with E-state index in [-0.39, 0.29) is 33.7 Å². The molecule has 1 aromatic heterocycles. The third-order valence-corrected chi connectivity index (χ3v) is 6.70. The van der Waals surface area contributed by atoms with E-state index >= 15 is 0 Å². The molecule has 2 atom stereocenters. The summed E-state index contributed by atoms with van der Waals surface area (Å²) < 4.78 is 49.8. The van der Waals surface area contributed by atoms with E-state index < -0.39 is 54.1 Å². The largest absolute Gasteiger partial charge is 0.493 e. The minimum atomic E-state index is -0.941. The highest BCUT2D eigenvalue weighted by Gasteiger charge is 2.30. The molecule has 3 rings (SSSR count). The summed E-state index contributed by atoms with van der Waals surface area (Å²) >= 11 is 11.7. The lowest BCUT2D eigenvalue weighted by atomic mass is 9.87. The second-order valence-electron chi connectivity index (χ2n) is 9.08. The molecular weight excluding hydrogens is 583 g/mol. The third-order valence-electron chi connectivity index (χ3n) is 6.09. The fourth-order valence-electron chi connectivity index (χ4n) is 4.07. The normalized spacial score (nSPS) is 12.4. The molecule has 1 heterocycles. The van der Waals surface area contributed by atoms with E-state index in [0.29, 0.717) is 11.1 Å². The van der Waals surface area contributed by atoms with Crippen LogP contribution in [0.25, 0.3) is 0 Å². The van der Waals surface area contributed by atoms with Gasteiger partial charge in [-0.15, -0.1) is 0 Å². The molecule has 0 N–H and O–H groups in total. The maximum absolute atomic E-state index is 14.3. The van der Waals surface area contributed by atoms with E-state index in [1.165, 1.54) is 57.5 Å². The number of esters is 2. The molecule has 0 aliphatic carbocycles. The number of ketones is 1. The Kier molecular flexibility index (Phi) is 11.0. The summed E-state index contributed by atoms with van der Waals surface area (Å²) in [6.07, 6.45) is 0.0984. The predicted molar refractivity (Wildman–Crippen MR) is 146 cm³/mol. The van der Waals surface area contributed by atoms with Crippen LogP contribution in [0.2, 0.25) is 10.0 Å². The average Bonchev–Trinajstić information content (AvgIpc) is 2.92. The van der Waals surface area contributed by atoms with Crippen molar-refractivity contribution in [1.29, 1.82) is 0 Å². The zero-order chi connectivity index (χ0) is 30.3. The Morgan fingerprint density at radius 1 is 0.951 bits per heavy atom. The topological polar surface area (TPSA) is 101 Å². The maximum atomic E-state index is 14.3. The highest BCUT2D eigenvalue weighted by molar-refractivity contribution is 6.31. The molecule has 0 radical (unpaired) electrons. The number of nitrogens with zero attached hydrogens (tertiary/aromatic N) is 1. The highest BCUT2D eigenvalue weighted by Crippen LogP contribution is 2.35. The minimum Gasteiger partial charge on any atom is -0.493 e. The average molecular weight is 610 g/mol. The van der Waals surface area contributed by atoms with Crippen molar-refractivity contribution in [2.75, 3.05) is 13.9 Å². The molecule has 0 unspecified atom stereocenters. The number of ether oxygens (including phenoxy) is 4. The zero-order valence-electron chi connectivity index (χ0n) is 22.6. The van der Waals surface area contributed by atoms with Crippen LogP contribution in [-0.2, 0) is 19.1 Å². The van der Waals surface area contributed by atoms with Crippen LogP contribution in [0.1, 0.15) is 54.7 Å². The summed E-state index contributed by atoms with van der Waals surface area (Å²) in [6.45, 7) is 3.78. The van der Waals surface area contributed by atoms with Crippen LogP contribution in [0.3, 0.4) is 0 Å². The zero-order valence-corrected chi connectivity index (χ0v) is 24.1. The second-order valence-corrected chi connectivity index (χ2v) is 9.90. The van der Waals surface area contributed by atoms with Gasteiger partial charge in [-0.1, -0.05) is 42.3 Å². The lowest BCUT2D eigenvalue weighted by Gasteiger charge is -2.26. The molecule has 0 aliphatic rings. The first-order chi connectivity index (χ1) is 19.4. The summed E-state index contributed by atoms with van der Waals surface area (Å²) in [5, 5.41) is -0.206. The minimum absolute atomic E-state index is 0.0511. The smallest absolute Gasteiger partial charge is 0.309 e. The van der Waals surface area contributed by atoms with Crippen LogP contribution in [0.4, 0.5) is 8.78 Å². The number of Topliss-reactive ketones (excluding diaryl/α,β-unsaturated/α-hetero) is 1. The van der Waals surface area contributed by atoms with Crippen molar-refractivity contribution >= 4 is 40.9 Å². The molecule has 0 bridgehead atoms. The fourth-order valence-corrected chi connectivity index (χ4v) is 4.31. The van der Waals surface area contributed by atoms with E-state index in [1.54, 1.807) is 19.1 Å². The Balaban J connectivity index is 1.80. The molecule has 0 saturated heterocycles. The number of hydrogen-bond donors (Lipinski definition) is 0. The van der Waals surface area contributed by atoms with Crippen molar-refractivity contribution in [1.82, 2.24) is 4.98 Å². The molecule has 218 valence electrons. The number of carbonyl (C=O) groups is 3. The number of rotatable bonds is 12. The van der Waals surface area contributed by atoms with E-state index in [1.807, 2.05) is 0 Å². The fraction of sp³-hybridized carbons (Fsp3) is 0.310. The first-order valence-electron chi connectivity index (χ1n) is 12.4. The van der Waals surface area contributed by atoms with Crippen LogP contribution in [0.15, 0.2) is 48.7 Å². The molecule has 0 saturated carbocycles.